The number of alkyl carbamates (subject to hydrolysis) is 1. The Balaban J connectivity index is 1.42. The summed E-state index contributed by atoms with van der Waals surface area (Å²) in [5, 5.41) is 13.1. The van der Waals surface area contributed by atoms with Gasteiger partial charge in [0.25, 0.3) is 0 Å². The van der Waals surface area contributed by atoms with Crippen LogP contribution in [0.2, 0.25) is 0 Å². The van der Waals surface area contributed by atoms with Crippen molar-refractivity contribution in [2.45, 2.75) is 58.6 Å². The topological polar surface area (TPSA) is 96.1 Å². The standard InChI is InChI=1S/C27H32N4O3/c1-18-24(19(2)31-30-18)21-13-15-23(16-14-21)28-26(32)25(22-11-7-4-8-12-22)29-27(33)34-17-20-9-5-3-6-10-20/h3,5-6,9-10,13-16,22,25H,4,7-8,11-12,17H2,1-2H3,(H,28,32)(H,29,33)(H,30,31). The van der Waals surface area contributed by atoms with E-state index in [1.54, 1.807) is 0 Å². The molecule has 1 saturated carbocycles. The van der Waals surface area contributed by atoms with Gasteiger partial charge in [-0.3, -0.25) is 9.89 Å². The second-order valence-electron chi connectivity index (χ2n) is 8.96. The Hall–Kier alpha value is -3.61. The summed E-state index contributed by atoms with van der Waals surface area (Å²) in [5.41, 5.74) is 5.64. The van der Waals surface area contributed by atoms with Gasteiger partial charge in [-0.05, 0) is 55.9 Å². The average molecular weight is 461 g/mol. The van der Waals surface area contributed by atoms with Crippen LogP contribution in [0.15, 0.2) is 54.6 Å². The highest BCUT2D eigenvalue weighted by atomic mass is 16.5. The van der Waals surface area contributed by atoms with Crippen molar-refractivity contribution in [2.24, 2.45) is 5.92 Å². The molecule has 0 bridgehead atoms. The maximum absolute atomic E-state index is 13.2. The molecule has 1 aliphatic rings. The van der Waals surface area contributed by atoms with Crippen LogP contribution < -0.4 is 10.6 Å². The molecule has 7 nitrogen and oxygen atoms in total. The molecule has 1 heterocycles. The molecule has 1 unspecified atom stereocenters. The third-order valence-electron chi connectivity index (χ3n) is 6.46. The molecule has 0 radical (unpaired) electrons. The first-order valence-corrected chi connectivity index (χ1v) is 11.9. The van der Waals surface area contributed by atoms with Gasteiger partial charge in [-0.25, -0.2) is 4.79 Å². The number of aromatic amines is 1. The molecule has 3 N–H and O–H groups in total. The second-order valence-corrected chi connectivity index (χ2v) is 8.96. The highest BCUT2D eigenvalue weighted by Crippen LogP contribution is 2.29. The van der Waals surface area contributed by atoms with E-state index in [1.165, 1.54) is 0 Å². The number of hydrogen-bond donors (Lipinski definition) is 3. The van der Waals surface area contributed by atoms with Gasteiger partial charge in [0.2, 0.25) is 5.91 Å². The fourth-order valence-electron chi connectivity index (χ4n) is 4.67. The van der Waals surface area contributed by atoms with Gasteiger partial charge in [0.05, 0.1) is 5.69 Å². The Morgan fingerprint density at radius 2 is 1.74 bits per heavy atom. The first-order chi connectivity index (χ1) is 16.5. The smallest absolute Gasteiger partial charge is 0.408 e. The van der Waals surface area contributed by atoms with Crippen molar-refractivity contribution < 1.29 is 14.3 Å². The molecule has 2 aromatic carbocycles. The summed E-state index contributed by atoms with van der Waals surface area (Å²) in [4.78, 5) is 25.8. The predicted molar refractivity (Wildman–Crippen MR) is 132 cm³/mol. The lowest BCUT2D eigenvalue weighted by molar-refractivity contribution is -0.119. The third kappa shape index (κ3) is 5.84. The average Bonchev–Trinajstić information content (AvgIpc) is 3.20. The monoisotopic (exact) mass is 460 g/mol. The fourth-order valence-corrected chi connectivity index (χ4v) is 4.67. The highest BCUT2D eigenvalue weighted by molar-refractivity contribution is 5.97. The molecule has 178 valence electrons. The van der Waals surface area contributed by atoms with Crippen molar-refractivity contribution in [1.82, 2.24) is 15.5 Å². The number of ether oxygens (including phenoxy) is 1. The van der Waals surface area contributed by atoms with Gasteiger partial charge >= 0.3 is 6.09 Å². The van der Waals surface area contributed by atoms with Crippen LogP contribution in [0.3, 0.4) is 0 Å². The van der Waals surface area contributed by atoms with Crippen molar-refractivity contribution in [1.29, 1.82) is 0 Å². The zero-order chi connectivity index (χ0) is 23.9. The van der Waals surface area contributed by atoms with Gasteiger partial charge in [-0.15, -0.1) is 0 Å². The van der Waals surface area contributed by atoms with E-state index in [-0.39, 0.29) is 18.4 Å². The first-order valence-electron chi connectivity index (χ1n) is 11.9. The van der Waals surface area contributed by atoms with Gasteiger partial charge in [0, 0.05) is 16.9 Å². The summed E-state index contributed by atoms with van der Waals surface area (Å²) in [6.45, 7) is 4.12. The Morgan fingerprint density at radius 1 is 1.03 bits per heavy atom. The quantitative estimate of drug-likeness (QED) is 0.433. The summed E-state index contributed by atoms with van der Waals surface area (Å²) < 4.78 is 5.39. The van der Waals surface area contributed by atoms with Crippen molar-refractivity contribution in [3.8, 4) is 11.1 Å². The van der Waals surface area contributed by atoms with Gasteiger partial charge < -0.3 is 15.4 Å². The Bertz CT molecular complexity index is 1080. The maximum Gasteiger partial charge on any atom is 0.408 e. The van der Waals surface area contributed by atoms with Crippen molar-refractivity contribution >= 4 is 17.7 Å². The number of benzene rings is 2. The molecule has 1 atom stereocenters. The van der Waals surface area contributed by atoms with Crippen molar-refractivity contribution in [3.63, 3.8) is 0 Å². The number of H-pyrrole nitrogens is 1. The van der Waals surface area contributed by atoms with Crippen LogP contribution in [0.4, 0.5) is 10.5 Å². The van der Waals surface area contributed by atoms with Crippen molar-refractivity contribution in [3.05, 3.63) is 71.5 Å². The number of aromatic nitrogens is 2. The number of nitrogens with one attached hydrogen (secondary N) is 3. The minimum Gasteiger partial charge on any atom is -0.445 e. The van der Waals surface area contributed by atoms with Crippen LogP contribution >= 0.6 is 0 Å². The Labute approximate surface area is 200 Å². The van der Waals surface area contributed by atoms with Gasteiger partial charge in [0.1, 0.15) is 12.6 Å². The lowest BCUT2D eigenvalue weighted by atomic mass is 9.83. The van der Waals surface area contributed by atoms with Crippen LogP contribution in [-0.2, 0) is 16.1 Å². The first kappa shape index (κ1) is 23.5. The van der Waals surface area contributed by atoms with E-state index in [0.717, 1.165) is 60.2 Å². The molecular weight excluding hydrogens is 428 g/mol. The summed E-state index contributed by atoms with van der Waals surface area (Å²) in [5.74, 6) is -0.125. The normalized spacial score (nSPS) is 14.9. The number of hydrogen-bond acceptors (Lipinski definition) is 4. The van der Waals surface area contributed by atoms with Gasteiger partial charge in [-0.2, -0.15) is 5.10 Å². The van der Waals surface area contributed by atoms with Crippen LogP contribution in [-0.4, -0.2) is 28.2 Å². The summed E-state index contributed by atoms with van der Waals surface area (Å²) in [6, 6.07) is 16.6. The van der Waals surface area contributed by atoms with E-state index in [0.29, 0.717) is 5.69 Å². The van der Waals surface area contributed by atoms with E-state index < -0.39 is 12.1 Å². The maximum atomic E-state index is 13.2. The number of anilines is 1. The highest BCUT2D eigenvalue weighted by Gasteiger charge is 2.31. The van der Waals surface area contributed by atoms with Crippen LogP contribution in [0.1, 0.15) is 49.1 Å². The van der Waals surface area contributed by atoms with Crippen LogP contribution in [0.5, 0.6) is 0 Å². The molecule has 34 heavy (non-hydrogen) atoms. The zero-order valence-corrected chi connectivity index (χ0v) is 19.8. The fraction of sp³-hybridized carbons (Fsp3) is 0.370. The number of carbonyl (C=O) groups is 2. The third-order valence-corrected chi connectivity index (χ3v) is 6.46. The molecule has 0 saturated heterocycles. The summed E-state index contributed by atoms with van der Waals surface area (Å²) >= 11 is 0. The molecule has 1 aromatic heterocycles. The predicted octanol–water partition coefficient (Wildman–Crippen LogP) is 5.51. The molecule has 7 heteroatoms. The second kappa shape index (κ2) is 11.0. The number of rotatable bonds is 7. The Morgan fingerprint density at radius 3 is 2.38 bits per heavy atom. The summed E-state index contributed by atoms with van der Waals surface area (Å²) in [6.07, 6.45) is 4.54. The number of nitrogens with zero attached hydrogens (tertiary/aromatic N) is 1. The largest absolute Gasteiger partial charge is 0.445 e. The lowest BCUT2D eigenvalue weighted by Crippen LogP contribution is -2.49. The lowest BCUT2D eigenvalue weighted by Gasteiger charge is -2.29. The number of amides is 2. The van der Waals surface area contributed by atoms with Crippen LogP contribution in [0.25, 0.3) is 11.1 Å². The minimum absolute atomic E-state index is 0.0912. The molecule has 3 aromatic rings. The molecule has 1 fully saturated rings. The summed E-state index contributed by atoms with van der Waals surface area (Å²) in [7, 11) is 0. The molecule has 0 aliphatic heterocycles. The van der Waals surface area contributed by atoms with E-state index in [2.05, 4.69) is 20.8 Å². The van der Waals surface area contributed by atoms with Crippen LogP contribution in [0, 0.1) is 19.8 Å². The molecule has 0 spiro atoms. The van der Waals surface area contributed by atoms with E-state index in [9.17, 15) is 9.59 Å². The number of aryl methyl sites for hydroxylation is 2. The molecule has 2 amide bonds. The number of carbonyl (C=O) groups excluding carboxylic acids is 2. The van der Waals surface area contributed by atoms with Gasteiger partial charge in [-0.1, -0.05) is 61.7 Å². The molecule has 1 aliphatic carbocycles. The van der Waals surface area contributed by atoms with Gasteiger partial charge in [0.15, 0.2) is 0 Å². The SMILES string of the molecule is Cc1n[nH]c(C)c1-c1ccc(NC(=O)C(NC(=O)OCc2ccccc2)C2CCCCC2)cc1. The zero-order valence-electron chi connectivity index (χ0n) is 19.8. The Kier molecular flexibility index (Phi) is 7.62. The molecular formula is C27H32N4O3. The van der Waals surface area contributed by atoms with Crippen molar-refractivity contribution in [2.75, 3.05) is 5.32 Å². The van der Waals surface area contributed by atoms with E-state index >= 15 is 0 Å². The van der Waals surface area contributed by atoms with E-state index in [1.807, 2.05) is 68.4 Å². The minimum atomic E-state index is -0.637. The molecule has 4 rings (SSSR count). The van der Waals surface area contributed by atoms with E-state index in [4.69, 9.17) is 4.74 Å².